The summed E-state index contributed by atoms with van der Waals surface area (Å²) in [6.45, 7) is 2.92. The molecule has 0 bridgehead atoms. The van der Waals surface area contributed by atoms with Crippen molar-refractivity contribution in [3.8, 4) is 5.69 Å². The Hall–Kier alpha value is -2.08. The number of carbonyl (C=O) groups is 1. The van der Waals surface area contributed by atoms with Crippen LogP contribution in [0.15, 0.2) is 35.8 Å². The Morgan fingerprint density at radius 3 is 3.05 bits per heavy atom. The minimum atomic E-state index is -0.391. The van der Waals surface area contributed by atoms with E-state index in [9.17, 15) is 4.79 Å². The average molecular weight is 305 g/mol. The third kappa shape index (κ3) is 4.46. The Morgan fingerprint density at radius 2 is 2.33 bits per heavy atom. The van der Waals surface area contributed by atoms with Crippen molar-refractivity contribution < 1.29 is 9.53 Å². The molecule has 0 unspecified atom stereocenters. The van der Waals surface area contributed by atoms with Crippen LogP contribution in [0.3, 0.4) is 0 Å². The number of carbonyl (C=O) groups excluding carboxylic acids is 1. The summed E-state index contributed by atoms with van der Waals surface area (Å²) in [4.78, 5) is 12.0. The number of unbranched alkanes of at least 4 members (excludes halogenated alkanes) is 1. The Bertz CT molecular complexity index is 648. The molecular formula is C15H19N3O2S. The molecule has 0 saturated carbocycles. The second kappa shape index (κ2) is 7.64. The fourth-order valence-electron chi connectivity index (χ4n) is 1.83. The first-order valence-electron chi connectivity index (χ1n) is 6.91. The van der Waals surface area contributed by atoms with Gasteiger partial charge in [0.2, 0.25) is 0 Å². The molecule has 21 heavy (non-hydrogen) atoms. The molecule has 0 radical (unpaired) electrons. The number of amides is 1. The maximum Gasteiger partial charge on any atom is 0.407 e. The zero-order valence-electron chi connectivity index (χ0n) is 12.0. The second-order valence-electron chi connectivity index (χ2n) is 4.59. The Morgan fingerprint density at radius 1 is 1.48 bits per heavy atom. The van der Waals surface area contributed by atoms with Crippen LogP contribution in [0, 0.1) is 5.41 Å². The van der Waals surface area contributed by atoms with Crippen molar-refractivity contribution >= 4 is 17.4 Å². The van der Waals surface area contributed by atoms with E-state index in [2.05, 4.69) is 12.2 Å². The second-order valence-corrected chi connectivity index (χ2v) is 5.49. The summed E-state index contributed by atoms with van der Waals surface area (Å²) in [6.07, 6.45) is 3.35. The van der Waals surface area contributed by atoms with Gasteiger partial charge in [0, 0.05) is 23.8 Å². The summed E-state index contributed by atoms with van der Waals surface area (Å²) < 4.78 is 6.84. The normalized spacial score (nSPS) is 10.3. The number of benzene rings is 1. The van der Waals surface area contributed by atoms with E-state index in [1.807, 2.05) is 35.8 Å². The van der Waals surface area contributed by atoms with E-state index in [-0.39, 0.29) is 0 Å². The summed E-state index contributed by atoms with van der Waals surface area (Å²) in [6, 6.07) is 7.75. The number of aromatic nitrogens is 1. The molecule has 6 heteroatoms. The van der Waals surface area contributed by atoms with E-state index in [0.29, 0.717) is 18.0 Å². The molecule has 0 atom stereocenters. The molecular weight excluding hydrogens is 286 g/mol. The van der Waals surface area contributed by atoms with E-state index in [1.54, 1.807) is 4.57 Å². The highest BCUT2D eigenvalue weighted by Crippen LogP contribution is 2.09. The van der Waals surface area contributed by atoms with Gasteiger partial charge in [0.05, 0.1) is 6.61 Å². The molecule has 2 aromatic rings. The fourth-order valence-corrected chi connectivity index (χ4v) is 2.43. The number of ether oxygens (including phenoxy) is 1. The number of rotatable bonds is 6. The topological polar surface area (TPSA) is 67.1 Å². The van der Waals surface area contributed by atoms with Gasteiger partial charge in [-0.15, -0.1) is 11.3 Å². The van der Waals surface area contributed by atoms with Crippen molar-refractivity contribution in [1.29, 1.82) is 5.41 Å². The quantitative estimate of drug-likeness (QED) is 0.806. The minimum Gasteiger partial charge on any atom is -0.450 e. The lowest BCUT2D eigenvalue weighted by molar-refractivity contribution is 0.144. The van der Waals surface area contributed by atoms with E-state index in [4.69, 9.17) is 10.1 Å². The SMILES string of the molecule is CCCCOC(=O)NCc1cccc(-n2ccsc2=N)c1. The number of hydrogen-bond donors (Lipinski definition) is 2. The zero-order valence-corrected chi connectivity index (χ0v) is 12.8. The summed E-state index contributed by atoms with van der Waals surface area (Å²) in [7, 11) is 0. The predicted molar refractivity (Wildman–Crippen MR) is 82.6 cm³/mol. The van der Waals surface area contributed by atoms with Crippen molar-refractivity contribution in [2.45, 2.75) is 26.3 Å². The van der Waals surface area contributed by atoms with Crippen LogP contribution in [0.2, 0.25) is 0 Å². The highest BCUT2D eigenvalue weighted by molar-refractivity contribution is 7.07. The van der Waals surface area contributed by atoms with Gasteiger partial charge in [0.25, 0.3) is 0 Å². The first-order chi connectivity index (χ1) is 10.2. The Balaban J connectivity index is 1.94. The van der Waals surface area contributed by atoms with Crippen LogP contribution in [0.5, 0.6) is 0 Å². The molecule has 5 nitrogen and oxygen atoms in total. The number of nitrogens with zero attached hydrogens (tertiary/aromatic N) is 1. The van der Waals surface area contributed by atoms with Crippen molar-refractivity contribution in [1.82, 2.24) is 9.88 Å². The standard InChI is InChI=1S/C15H19N3O2S/c1-2-3-8-20-15(19)17-11-12-5-4-6-13(10-12)18-7-9-21-14(18)16/h4-7,9-10,16H,2-3,8,11H2,1H3,(H,17,19). The first kappa shape index (κ1) is 15.3. The van der Waals surface area contributed by atoms with Crippen LogP contribution in [0.25, 0.3) is 5.69 Å². The fraction of sp³-hybridized carbons (Fsp3) is 0.333. The van der Waals surface area contributed by atoms with Gasteiger partial charge in [-0.2, -0.15) is 0 Å². The number of alkyl carbamates (subject to hydrolysis) is 1. The number of thiazole rings is 1. The van der Waals surface area contributed by atoms with Crippen LogP contribution in [-0.4, -0.2) is 17.3 Å². The van der Waals surface area contributed by atoms with Gasteiger partial charge in [0.1, 0.15) is 0 Å². The maximum absolute atomic E-state index is 11.5. The lowest BCUT2D eigenvalue weighted by Gasteiger charge is -2.08. The van der Waals surface area contributed by atoms with E-state index >= 15 is 0 Å². The van der Waals surface area contributed by atoms with Crippen molar-refractivity contribution in [3.05, 3.63) is 46.2 Å². The summed E-state index contributed by atoms with van der Waals surface area (Å²) in [5.74, 6) is 0. The van der Waals surface area contributed by atoms with Gasteiger partial charge in [-0.05, 0) is 24.1 Å². The zero-order chi connectivity index (χ0) is 15.1. The monoisotopic (exact) mass is 305 g/mol. The summed E-state index contributed by atoms with van der Waals surface area (Å²) >= 11 is 1.37. The number of nitrogens with one attached hydrogen (secondary N) is 2. The summed E-state index contributed by atoms with van der Waals surface area (Å²) in [5.41, 5.74) is 1.89. The maximum atomic E-state index is 11.5. The van der Waals surface area contributed by atoms with E-state index in [1.165, 1.54) is 11.3 Å². The molecule has 2 N–H and O–H groups in total. The largest absolute Gasteiger partial charge is 0.450 e. The lowest BCUT2D eigenvalue weighted by atomic mass is 10.2. The van der Waals surface area contributed by atoms with Gasteiger partial charge < -0.3 is 10.1 Å². The van der Waals surface area contributed by atoms with Crippen LogP contribution < -0.4 is 10.1 Å². The van der Waals surface area contributed by atoms with Crippen molar-refractivity contribution in [3.63, 3.8) is 0 Å². The molecule has 112 valence electrons. The minimum absolute atomic E-state index is 0.391. The lowest BCUT2D eigenvalue weighted by Crippen LogP contribution is -2.24. The average Bonchev–Trinajstić information content (AvgIpc) is 2.92. The van der Waals surface area contributed by atoms with Gasteiger partial charge >= 0.3 is 6.09 Å². The van der Waals surface area contributed by atoms with Crippen LogP contribution >= 0.6 is 11.3 Å². The van der Waals surface area contributed by atoms with Crippen LogP contribution in [-0.2, 0) is 11.3 Å². The molecule has 0 saturated heterocycles. The third-order valence-corrected chi connectivity index (χ3v) is 3.64. The van der Waals surface area contributed by atoms with Gasteiger partial charge in [-0.25, -0.2) is 4.79 Å². The molecule has 2 rings (SSSR count). The van der Waals surface area contributed by atoms with E-state index in [0.717, 1.165) is 24.1 Å². The molecule has 0 fully saturated rings. The Kier molecular flexibility index (Phi) is 5.57. The molecule has 0 aliphatic carbocycles. The van der Waals surface area contributed by atoms with Gasteiger partial charge in [0.15, 0.2) is 4.80 Å². The molecule has 1 heterocycles. The molecule has 0 aliphatic heterocycles. The molecule has 1 aromatic heterocycles. The smallest absolute Gasteiger partial charge is 0.407 e. The third-order valence-electron chi connectivity index (χ3n) is 2.97. The van der Waals surface area contributed by atoms with Gasteiger partial charge in [-0.3, -0.25) is 9.98 Å². The van der Waals surface area contributed by atoms with Crippen molar-refractivity contribution in [2.75, 3.05) is 6.61 Å². The Labute approximate surface area is 127 Å². The predicted octanol–water partition coefficient (Wildman–Crippen LogP) is 3.04. The van der Waals surface area contributed by atoms with Crippen molar-refractivity contribution in [2.24, 2.45) is 0 Å². The first-order valence-corrected chi connectivity index (χ1v) is 7.79. The molecule has 0 spiro atoms. The van der Waals surface area contributed by atoms with Crippen LogP contribution in [0.4, 0.5) is 4.79 Å². The molecule has 1 aromatic carbocycles. The highest BCUT2D eigenvalue weighted by atomic mass is 32.1. The summed E-state index contributed by atoms with van der Waals surface area (Å²) in [5, 5.41) is 12.4. The highest BCUT2D eigenvalue weighted by Gasteiger charge is 2.03. The van der Waals surface area contributed by atoms with E-state index < -0.39 is 6.09 Å². The molecule has 0 aliphatic rings. The van der Waals surface area contributed by atoms with Crippen LogP contribution in [0.1, 0.15) is 25.3 Å². The van der Waals surface area contributed by atoms with Gasteiger partial charge in [-0.1, -0.05) is 25.5 Å². The number of hydrogen-bond acceptors (Lipinski definition) is 4. The molecule has 1 amide bonds.